The van der Waals surface area contributed by atoms with Crippen molar-refractivity contribution in [2.24, 2.45) is 0 Å². The number of carbonyl (C=O) groups is 1. The van der Waals surface area contributed by atoms with E-state index in [0.717, 1.165) is 22.4 Å². The summed E-state index contributed by atoms with van der Waals surface area (Å²) in [7, 11) is 3.01. The number of esters is 1. The molecule has 0 atom stereocenters. The molecule has 2 rings (SSSR count). The minimum atomic E-state index is -0.256. The molecular formula is C17H18O3. The van der Waals surface area contributed by atoms with Gasteiger partial charge in [0, 0.05) is 0 Å². The highest BCUT2D eigenvalue weighted by atomic mass is 16.5. The normalized spacial score (nSPS) is 10.2. The average molecular weight is 270 g/mol. The van der Waals surface area contributed by atoms with E-state index in [1.807, 2.05) is 18.2 Å². The smallest absolute Gasteiger partial charge is 0.309 e. The summed E-state index contributed by atoms with van der Waals surface area (Å²) in [6.07, 6.45) is 0.243. The van der Waals surface area contributed by atoms with Gasteiger partial charge in [-0.15, -0.1) is 0 Å². The number of aryl methyl sites for hydroxylation is 1. The van der Waals surface area contributed by atoms with E-state index in [1.165, 1.54) is 12.7 Å². The minimum Gasteiger partial charge on any atom is -0.497 e. The number of carbonyl (C=O) groups excluding carboxylic acids is 1. The highest BCUT2D eigenvalue weighted by molar-refractivity contribution is 5.74. The van der Waals surface area contributed by atoms with Crippen LogP contribution in [0.3, 0.4) is 0 Å². The zero-order valence-corrected chi connectivity index (χ0v) is 12.0. The molecule has 0 aromatic heterocycles. The molecular weight excluding hydrogens is 252 g/mol. The first kappa shape index (κ1) is 14.1. The van der Waals surface area contributed by atoms with Gasteiger partial charge in [0.05, 0.1) is 20.6 Å². The molecule has 0 aliphatic heterocycles. The van der Waals surface area contributed by atoms with E-state index in [-0.39, 0.29) is 12.4 Å². The number of rotatable bonds is 4. The van der Waals surface area contributed by atoms with Crippen LogP contribution in [-0.2, 0) is 16.0 Å². The first-order chi connectivity index (χ1) is 9.62. The van der Waals surface area contributed by atoms with E-state index in [0.29, 0.717) is 0 Å². The van der Waals surface area contributed by atoms with E-state index in [2.05, 4.69) is 31.2 Å². The van der Waals surface area contributed by atoms with Crippen LogP contribution in [0.4, 0.5) is 0 Å². The van der Waals surface area contributed by atoms with Crippen molar-refractivity contribution in [1.29, 1.82) is 0 Å². The van der Waals surface area contributed by atoms with Gasteiger partial charge >= 0.3 is 5.97 Å². The van der Waals surface area contributed by atoms with Crippen molar-refractivity contribution in [1.82, 2.24) is 0 Å². The first-order valence-corrected chi connectivity index (χ1v) is 6.44. The molecule has 3 heteroatoms. The molecule has 104 valence electrons. The molecule has 0 aliphatic carbocycles. The molecule has 0 radical (unpaired) electrons. The Kier molecular flexibility index (Phi) is 4.41. The fourth-order valence-corrected chi connectivity index (χ4v) is 2.03. The van der Waals surface area contributed by atoms with Crippen LogP contribution in [0.25, 0.3) is 11.1 Å². The third-order valence-electron chi connectivity index (χ3n) is 3.16. The van der Waals surface area contributed by atoms with Crippen LogP contribution < -0.4 is 4.74 Å². The molecule has 3 nitrogen and oxygen atoms in total. The lowest BCUT2D eigenvalue weighted by Gasteiger charge is -2.09. The van der Waals surface area contributed by atoms with Crippen molar-refractivity contribution in [2.45, 2.75) is 13.3 Å². The van der Waals surface area contributed by atoms with E-state index in [4.69, 9.17) is 9.47 Å². The molecule has 0 spiro atoms. The third-order valence-corrected chi connectivity index (χ3v) is 3.16. The lowest BCUT2D eigenvalue weighted by atomic mass is 10.0. The molecule has 0 aliphatic rings. The van der Waals surface area contributed by atoms with Gasteiger partial charge in [-0.2, -0.15) is 0 Å². The van der Waals surface area contributed by atoms with Gasteiger partial charge in [-0.3, -0.25) is 4.79 Å². The SMILES string of the molecule is COC(=O)Cc1cc(OC)cc(-c2ccc(C)cc2)c1. The predicted molar refractivity (Wildman–Crippen MR) is 78.9 cm³/mol. The lowest BCUT2D eigenvalue weighted by molar-refractivity contribution is -0.139. The van der Waals surface area contributed by atoms with Crippen LogP contribution in [-0.4, -0.2) is 20.2 Å². The highest BCUT2D eigenvalue weighted by Crippen LogP contribution is 2.26. The summed E-state index contributed by atoms with van der Waals surface area (Å²) in [4.78, 5) is 11.4. The maximum absolute atomic E-state index is 11.4. The summed E-state index contributed by atoms with van der Waals surface area (Å²) in [6.45, 7) is 2.05. The van der Waals surface area contributed by atoms with Crippen molar-refractivity contribution < 1.29 is 14.3 Å². The number of hydrogen-bond donors (Lipinski definition) is 0. The topological polar surface area (TPSA) is 35.5 Å². The Morgan fingerprint density at radius 1 is 1.00 bits per heavy atom. The number of ether oxygens (including phenoxy) is 2. The molecule has 0 fully saturated rings. The number of methoxy groups -OCH3 is 2. The Balaban J connectivity index is 2.39. The van der Waals surface area contributed by atoms with Crippen LogP contribution >= 0.6 is 0 Å². The van der Waals surface area contributed by atoms with Crippen LogP contribution in [0, 0.1) is 6.92 Å². The zero-order chi connectivity index (χ0) is 14.5. The van der Waals surface area contributed by atoms with Gasteiger partial charge in [-0.1, -0.05) is 35.9 Å². The summed E-state index contributed by atoms with van der Waals surface area (Å²) in [6, 6.07) is 14.1. The predicted octanol–water partition coefficient (Wildman–Crippen LogP) is 3.39. The molecule has 2 aromatic rings. The van der Waals surface area contributed by atoms with E-state index in [9.17, 15) is 4.79 Å². The Hall–Kier alpha value is -2.29. The monoisotopic (exact) mass is 270 g/mol. The van der Waals surface area contributed by atoms with E-state index in [1.54, 1.807) is 7.11 Å². The van der Waals surface area contributed by atoms with Crippen LogP contribution in [0.1, 0.15) is 11.1 Å². The van der Waals surface area contributed by atoms with Crippen molar-refractivity contribution in [3.63, 3.8) is 0 Å². The maximum Gasteiger partial charge on any atom is 0.309 e. The molecule has 0 saturated carbocycles. The molecule has 0 unspecified atom stereocenters. The van der Waals surface area contributed by atoms with Crippen molar-refractivity contribution in [3.05, 3.63) is 53.6 Å². The van der Waals surface area contributed by atoms with E-state index < -0.39 is 0 Å². The van der Waals surface area contributed by atoms with Crippen LogP contribution in [0.15, 0.2) is 42.5 Å². The maximum atomic E-state index is 11.4. The second kappa shape index (κ2) is 6.24. The second-order valence-electron chi connectivity index (χ2n) is 4.69. The molecule has 0 amide bonds. The van der Waals surface area contributed by atoms with Crippen LogP contribution in [0.5, 0.6) is 5.75 Å². The third kappa shape index (κ3) is 3.38. The molecule has 0 saturated heterocycles. The summed E-state index contributed by atoms with van der Waals surface area (Å²) in [5.74, 6) is 0.482. The summed E-state index contributed by atoms with van der Waals surface area (Å²) < 4.78 is 10.0. The first-order valence-electron chi connectivity index (χ1n) is 6.44. The van der Waals surface area contributed by atoms with Gasteiger partial charge in [0.25, 0.3) is 0 Å². The molecule has 0 N–H and O–H groups in total. The molecule has 2 aromatic carbocycles. The van der Waals surface area contributed by atoms with Crippen molar-refractivity contribution >= 4 is 5.97 Å². The van der Waals surface area contributed by atoms with Gasteiger partial charge in [-0.05, 0) is 35.7 Å². The van der Waals surface area contributed by atoms with Crippen molar-refractivity contribution in [2.75, 3.05) is 14.2 Å². The number of hydrogen-bond acceptors (Lipinski definition) is 3. The summed E-state index contributed by atoms with van der Waals surface area (Å²) >= 11 is 0. The number of benzene rings is 2. The molecule has 0 bridgehead atoms. The fraction of sp³-hybridized carbons (Fsp3) is 0.235. The largest absolute Gasteiger partial charge is 0.497 e. The van der Waals surface area contributed by atoms with Gasteiger partial charge in [0.15, 0.2) is 0 Å². The van der Waals surface area contributed by atoms with Gasteiger partial charge < -0.3 is 9.47 Å². The van der Waals surface area contributed by atoms with Gasteiger partial charge in [0.2, 0.25) is 0 Å². The summed E-state index contributed by atoms with van der Waals surface area (Å²) in [5, 5.41) is 0. The summed E-state index contributed by atoms with van der Waals surface area (Å²) in [5.41, 5.74) is 4.22. The Labute approximate surface area is 119 Å². The zero-order valence-electron chi connectivity index (χ0n) is 12.0. The quantitative estimate of drug-likeness (QED) is 0.799. The molecule has 20 heavy (non-hydrogen) atoms. The highest BCUT2D eigenvalue weighted by Gasteiger charge is 2.08. The Bertz CT molecular complexity index is 600. The Morgan fingerprint density at radius 3 is 2.30 bits per heavy atom. The minimum absolute atomic E-state index is 0.243. The lowest BCUT2D eigenvalue weighted by Crippen LogP contribution is -2.04. The fourth-order valence-electron chi connectivity index (χ4n) is 2.03. The second-order valence-corrected chi connectivity index (χ2v) is 4.69. The van der Waals surface area contributed by atoms with Gasteiger partial charge in [-0.25, -0.2) is 0 Å². The molecule has 0 heterocycles. The average Bonchev–Trinajstić information content (AvgIpc) is 2.47. The standard InChI is InChI=1S/C17H18O3/c1-12-4-6-14(7-5-12)15-8-13(10-17(18)20-3)9-16(11-15)19-2/h4-9,11H,10H2,1-3H3. The Morgan fingerprint density at radius 2 is 1.70 bits per heavy atom. The van der Waals surface area contributed by atoms with E-state index >= 15 is 0 Å². The van der Waals surface area contributed by atoms with Crippen LogP contribution in [0.2, 0.25) is 0 Å². The van der Waals surface area contributed by atoms with Crippen molar-refractivity contribution in [3.8, 4) is 16.9 Å². The van der Waals surface area contributed by atoms with Gasteiger partial charge in [0.1, 0.15) is 5.75 Å².